The van der Waals surface area contributed by atoms with Gasteiger partial charge in [0.2, 0.25) is 0 Å². The summed E-state index contributed by atoms with van der Waals surface area (Å²) in [5, 5.41) is 9.08. The number of halogens is 3. The lowest BCUT2D eigenvalue weighted by atomic mass is 9.89. The highest BCUT2D eigenvalue weighted by atomic mass is 19.4. The van der Waals surface area contributed by atoms with Crippen molar-refractivity contribution >= 4 is 6.09 Å². The van der Waals surface area contributed by atoms with Crippen LogP contribution in [0.4, 0.5) is 18.0 Å². The highest BCUT2D eigenvalue weighted by Crippen LogP contribution is 2.36. The number of piperidine rings is 1. The molecule has 1 rings (SSSR count). The number of hydrogen-bond acceptors (Lipinski definition) is 3. The van der Waals surface area contributed by atoms with Gasteiger partial charge in [-0.25, -0.2) is 4.79 Å². The van der Waals surface area contributed by atoms with E-state index in [2.05, 4.69) is 0 Å². The average molecular weight is 283 g/mol. The Kier molecular flexibility index (Phi) is 4.71. The van der Waals surface area contributed by atoms with Crippen molar-refractivity contribution < 1.29 is 27.8 Å². The van der Waals surface area contributed by atoms with Crippen molar-refractivity contribution in [3.05, 3.63) is 0 Å². The Balaban J connectivity index is 2.92. The van der Waals surface area contributed by atoms with Gasteiger partial charge in [-0.2, -0.15) is 13.2 Å². The van der Waals surface area contributed by atoms with Crippen molar-refractivity contribution in [3.8, 4) is 0 Å². The number of aliphatic hydroxyl groups is 1. The Labute approximate surface area is 110 Å². The van der Waals surface area contributed by atoms with E-state index in [1.807, 2.05) is 0 Å². The summed E-state index contributed by atoms with van der Waals surface area (Å²) < 4.78 is 44.2. The quantitative estimate of drug-likeness (QED) is 0.804. The molecule has 0 aromatic rings. The molecule has 0 aromatic carbocycles. The molecule has 0 radical (unpaired) electrons. The molecule has 0 bridgehead atoms. The first kappa shape index (κ1) is 16.1. The van der Waals surface area contributed by atoms with Crippen molar-refractivity contribution in [1.29, 1.82) is 0 Å². The zero-order valence-electron chi connectivity index (χ0n) is 11.3. The summed E-state index contributed by atoms with van der Waals surface area (Å²) in [6, 6.07) is -1.97. The second-order valence-electron chi connectivity index (χ2n) is 5.75. The zero-order chi connectivity index (χ0) is 14.8. The molecular formula is C12H20F3NO3. The number of likely N-dealkylation sites (tertiary alicyclic amines) is 1. The Morgan fingerprint density at radius 2 is 1.95 bits per heavy atom. The van der Waals surface area contributed by atoms with Gasteiger partial charge in [-0.05, 0) is 33.6 Å². The van der Waals surface area contributed by atoms with Gasteiger partial charge in [0.25, 0.3) is 0 Å². The number of rotatable bonds is 1. The molecule has 2 atom stereocenters. The Bertz CT molecular complexity index is 325. The predicted octanol–water partition coefficient (Wildman–Crippen LogP) is 2.56. The van der Waals surface area contributed by atoms with Crippen LogP contribution in [0.3, 0.4) is 0 Å². The van der Waals surface area contributed by atoms with Crippen LogP contribution in [0, 0.1) is 5.92 Å². The maximum Gasteiger partial charge on any atom is 0.410 e. The smallest absolute Gasteiger partial charge is 0.410 e. The van der Waals surface area contributed by atoms with Crippen molar-refractivity contribution in [2.75, 3.05) is 13.2 Å². The summed E-state index contributed by atoms with van der Waals surface area (Å²) >= 11 is 0. The van der Waals surface area contributed by atoms with Crippen molar-refractivity contribution in [2.24, 2.45) is 5.92 Å². The fraction of sp³-hybridized carbons (Fsp3) is 0.917. The number of amides is 1. The van der Waals surface area contributed by atoms with E-state index in [1.165, 1.54) is 0 Å². The standard InChI is InChI=1S/C12H20F3NO3/c1-11(2,3)19-10(18)16-6-4-5-8(7-17)9(16)12(13,14)15/h8-9,17H,4-7H2,1-3H3/t8-,9-/m0/s1. The van der Waals surface area contributed by atoms with E-state index in [1.54, 1.807) is 20.8 Å². The maximum atomic E-state index is 13.1. The first-order valence-electron chi connectivity index (χ1n) is 6.23. The van der Waals surface area contributed by atoms with Gasteiger partial charge < -0.3 is 9.84 Å². The minimum absolute atomic E-state index is 0.00438. The van der Waals surface area contributed by atoms with Crippen LogP contribution < -0.4 is 0 Å². The minimum atomic E-state index is -4.56. The van der Waals surface area contributed by atoms with Gasteiger partial charge in [-0.15, -0.1) is 0 Å². The van der Waals surface area contributed by atoms with Gasteiger partial charge in [-0.3, -0.25) is 4.90 Å². The number of nitrogens with zero attached hydrogens (tertiary/aromatic N) is 1. The molecule has 0 aromatic heterocycles. The largest absolute Gasteiger partial charge is 0.444 e. The van der Waals surface area contributed by atoms with E-state index in [9.17, 15) is 18.0 Å². The minimum Gasteiger partial charge on any atom is -0.444 e. The molecular weight excluding hydrogens is 263 g/mol. The highest BCUT2D eigenvalue weighted by Gasteiger charge is 2.52. The van der Waals surface area contributed by atoms with Crippen LogP contribution in [-0.4, -0.2) is 47.1 Å². The zero-order valence-corrected chi connectivity index (χ0v) is 11.3. The molecule has 112 valence electrons. The molecule has 1 amide bonds. The van der Waals surface area contributed by atoms with E-state index in [-0.39, 0.29) is 13.0 Å². The van der Waals surface area contributed by atoms with Gasteiger partial charge in [0.15, 0.2) is 0 Å². The van der Waals surface area contributed by atoms with Gasteiger partial charge >= 0.3 is 12.3 Å². The molecule has 4 nitrogen and oxygen atoms in total. The third kappa shape index (κ3) is 4.26. The first-order chi connectivity index (χ1) is 8.56. The lowest BCUT2D eigenvalue weighted by molar-refractivity contribution is -0.204. The molecule has 1 aliphatic rings. The normalized spacial score (nSPS) is 25.3. The molecule has 1 saturated heterocycles. The topological polar surface area (TPSA) is 49.8 Å². The van der Waals surface area contributed by atoms with Crippen LogP contribution >= 0.6 is 0 Å². The van der Waals surface area contributed by atoms with Gasteiger partial charge in [0, 0.05) is 19.1 Å². The second kappa shape index (κ2) is 5.56. The van der Waals surface area contributed by atoms with E-state index >= 15 is 0 Å². The maximum absolute atomic E-state index is 13.1. The summed E-state index contributed by atoms with van der Waals surface area (Å²) in [4.78, 5) is 12.5. The summed E-state index contributed by atoms with van der Waals surface area (Å²) in [6.45, 7) is 4.20. The lowest BCUT2D eigenvalue weighted by Crippen LogP contribution is -2.57. The summed E-state index contributed by atoms with van der Waals surface area (Å²) in [6.07, 6.45) is -4.87. The van der Waals surface area contributed by atoms with Gasteiger partial charge in [0.05, 0.1) is 0 Å². The molecule has 0 unspecified atom stereocenters. The van der Waals surface area contributed by atoms with Gasteiger partial charge in [-0.1, -0.05) is 0 Å². The van der Waals surface area contributed by atoms with Crippen molar-refractivity contribution in [3.63, 3.8) is 0 Å². The highest BCUT2D eigenvalue weighted by molar-refractivity contribution is 5.69. The molecule has 19 heavy (non-hydrogen) atoms. The first-order valence-corrected chi connectivity index (χ1v) is 6.23. The molecule has 0 saturated carbocycles. The van der Waals surface area contributed by atoms with Crippen LogP contribution in [0.15, 0.2) is 0 Å². The SMILES string of the molecule is CC(C)(C)OC(=O)N1CCC[C@@H](CO)[C@H]1C(F)(F)F. The van der Waals surface area contributed by atoms with Crippen LogP contribution in [0.25, 0.3) is 0 Å². The van der Waals surface area contributed by atoms with Crippen LogP contribution in [0.2, 0.25) is 0 Å². The number of ether oxygens (including phenoxy) is 1. The monoisotopic (exact) mass is 283 g/mol. The predicted molar refractivity (Wildman–Crippen MR) is 62.6 cm³/mol. The summed E-state index contributed by atoms with van der Waals surface area (Å²) in [7, 11) is 0. The van der Waals surface area contributed by atoms with E-state index in [0.29, 0.717) is 11.3 Å². The van der Waals surface area contributed by atoms with Crippen LogP contribution in [0.1, 0.15) is 33.6 Å². The molecule has 0 spiro atoms. The third-order valence-electron chi connectivity index (χ3n) is 2.95. The Hall–Kier alpha value is -0.980. The van der Waals surface area contributed by atoms with E-state index in [0.717, 1.165) is 0 Å². The van der Waals surface area contributed by atoms with Gasteiger partial charge in [0.1, 0.15) is 11.6 Å². The summed E-state index contributed by atoms with van der Waals surface area (Å²) in [5.74, 6) is -0.985. The molecule has 0 aliphatic carbocycles. The van der Waals surface area contributed by atoms with E-state index in [4.69, 9.17) is 9.84 Å². The van der Waals surface area contributed by atoms with Crippen LogP contribution in [0.5, 0.6) is 0 Å². The molecule has 1 aliphatic heterocycles. The molecule has 7 heteroatoms. The number of alkyl halides is 3. The molecule has 1 fully saturated rings. The fourth-order valence-electron chi connectivity index (χ4n) is 2.24. The number of aliphatic hydroxyl groups excluding tert-OH is 1. The van der Waals surface area contributed by atoms with Crippen molar-refractivity contribution in [2.45, 2.75) is 51.4 Å². The van der Waals surface area contributed by atoms with E-state index < -0.39 is 36.4 Å². The fourth-order valence-corrected chi connectivity index (χ4v) is 2.24. The summed E-state index contributed by atoms with van der Waals surface area (Å²) in [5.41, 5.74) is -0.848. The Morgan fingerprint density at radius 3 is 2.37 bits per heavy atom. The average Bonchev–Trinajstić information content (AvgIpc) is 2.24. The lowest BCUT2D eigenvalue weighted by Gasteiger charge is -2.41. The molecule has 1 heterocycles. The molecule has 1 N–H and O–H groups in total. The number of carbonyl (C=O) groups excluding carboxylic acids is 1. The van der Waals surface area contributed by atoms with Crippen LogP contribution in [-0.2, 0) is 4.74 Å². The third-order valence-corrected chi connectivity index (χ3v) is 2.95. The number of carbonyl (C=O) groups is 1. The number of hydrogen-bond donors (Lipinski definition) is 1. The second-order valence-corrected chi connectivity index (χ2v) is 5.75. The van der Waals surface area contributed by atoms with Crippen molar-refractivity contribution in [1.82, 2.24) is 4.90 Å². The Morgan fingerprint density at radius 1 is 1.37 bits per heavy atom.